The Morgan fingerprint density at radius 2 is 1.62 bits per heavy atom. The molecule has 0 aliphatic carbocycles. The minimum atomic E-state index is -4.02. The van der Waals surface area contributed by atoms with E-state index in [4.69, 9.17) is 4.42 Å². The molecule has 250 valence electrons. The summed E-state index contributed by atoms with van der Waals surface area (Å²) in [6, 6.07) is 20.6. The Labute approximate surface area is 275 Å². The molecule has 0 saturated carbocycles. The van der Waals surface area contributed by atoms with Gasteiger partial charge >= 0.3 is 0 Å². The number of oxazole rings is 1. The summed E-state index contributed by atoms with van der Waals surface area (Å²) in [7, 11) is -2.41. The first kappa shape index (κ1) is 35.5. The van der Waals surface area contributed by atoms with E-state index in [0.717, 1.165) is 5.56 Å². The van der Waals surface area contributed by atoms with Crippen LogP contribution in [0.3, 0.4) is 0 Å². The lowest BCUT2D eigenvalue weighted by atomic mass is 10.00. The van der Waals surface area contributed by atoms with Gasteiger partial charge in [-0.05, 0) is 60.7 Å². The molecule has 12 heteroatoms. The summed E-state index contributed by atoms with van der Waals surface area (Å²) in [6.45, 7) is 5.34. The van der Waals surface area contributed by atoms with Gasteiger partial charge in [-0.1, -0.05) is 62.4 Å². The van der Waals surface area contributed by atoms with Crippen LogP contribution in [0.15, 0.2) is 94.4 Å². The van der Waals surface area contributed by atoms with Crippen LogP contribution in [-0.2, 0) is 29.6 Å². The third-order valence-electron chi connectivity index (χ3n) is 7.54. The number of aliphatic hydroxyl groups is 2. The molecular weight excluding hydrogens is 620 g/mol. The highest BCUT2D eigenvalue weighted by atomic mass is 32.2. The summed E-state index contributed by atoms with van der Waals surface area (Å²) < 4.78 is 34.0. The molecule has 4 rings (SSSR count). The van der Waals surface area contributed by atoms with Crippen LogP contribution in [0, 0.1) is 12.8 Å². The number of rotatable bonds is 15. The fourth-order valence-corrected chi connectivity index (χ4v) is 6.72. The Balaban J connectivity index is 1.56. The number of nitrogens with one attached hydrogen (secondary N) is 1. The summed E-state index contributed by atoms with van der Waals surface area (Å²) in [6.07, 6.45) is 0.446. The van der Waals surface area contributed by atoms with E-state index in [0.29, 0.717) is 17.1 Å². The third kappa shape index (κ3) is 9.58. The van der Waals surface area contributed by atoms with Crippen molar-refractivity contribution in [3.63, 3.8) is 0 Å². The van der Waals surface area contributed by atoms with Crippen LogP contribution < -0.4 is 5.32 Å². The topological polar surface area (TPSA) is 153 Å². The minimum Gasteiger partial charge on any atom is -0.447 e. The van der Waals surface area contributed by atoms with E-state index >= 15 is 0 Å². The van der Waals surface area contributed by atoms with Gasteiger partial charge in [0, 0.05) is 31.3 Å². The van der Waals surface area contributed by atoms with Crippen molar-refractivity contribution in [2.45, 2.75) is 57.4 Å². The molecule has 11 nitrogen and oxygen atoms in total. The number of aliphatic hydroxyl groups excluding tert-OH is 2. The lowest BCUT2D eigenvalue weighted by Gasteiger charge is -2.31. The summed E-state index contributed by atoms with van der Waals surface area (Å²) in [5.41, 5.74) is 2.60. The van der Waals surface area contributed by atoms with E-state index in [1.54, 1.807) is 44.3 Å². The zero-order valence-corrected chi connectivity index (χ0v) is 27.9. The molecule has 1 aromatic heterocycles. The number of carbonyl (C=O) groups excluding carboxylic acids is 2. The maximum Gasteiger partial charge on any atom is 0.254 e. The van der Waals surface area contributed by atoms with Crippen molar-refractivity contribution < 1.29 is 32.6 Å². The van der Waals surface area contributed by atoms with Crippen molar-refractivity contribution in [2.24, 2.45) is 5.92 Å². The summed E-state index contributed by atoms with van der Waals surface area (Å²) >= 11 is 0. The summed E-state index contributed by atoms with van der Waals surface area (Å²) in [5.74, 6) is -0.524. The summed E-state index contributed by atoms with van der Waals surface area (Å²) in [5, 5.41) is 23.9. The number of nitrogens with zero attached hydrogens (tertiary/aromatic N) is 3. The average Bonchev–Trinajstić information content (AvgIpc) is 3.47. The molecular formula is C35H42N4O7S. The molecule has 2 atom stereocenters. The normalized spacial score (nSPS) is 13.0. The second-order valence-corrected chi connectivity index (χ2v) is 13.9. The molecule has 0 aliphatic rings. The smallest absolute Gasteiger partial charge is 0.254 e. The maximum atomic E-state index is 13.7. The molecule has 4 aromatic rings. The Bertz CT molecular complexity index is 1740. The van der Waals surface area contributed by atoms with Crippen molar-refractivity contribution in [1.82, 2.24) is 19.5 Å². The van der Waals surface area contributed by atoms with Gasteiger partial charge in [-0.3, -0.25) is 9.59 Å². The lowest BCUT2D eigenvalue weighted by Crippen LogP contribution is -2.51. The Morgan fingerprint density at radius 3 is 2.23 bits per heavy atom. The zero-order valence-electron chi connectivity index (χ0n) is 27.0. The number of sulfonamides is 1. The number of carbonyl (C=O) groups is 2. The van der Waals surface area contributed by atoms with Crippen LogP contribution in [0.4, 0.5) is 0 Å². The van der Waals surface area contributed by atoms with Gasteiger partial charge in [0.2, 0.25) is 15.9 Å². The molecule has 3 aromatic carbocycles. The first-order valence-electron chi connectivity index (χ1n) is 15.4. The van der Waals surface area contributed by atoms with Gasteiger partial charge in [-0.2, -0.15) is 4.31 Å². The largest absolute Gasteiger partial charge is 0.447 e. The minimum absolute atomic E-state index is 0.0376. The van der Waals surface area contributed by atoms with Crippen LogP contribution in [0.5, 0.6) is 0 Å². The molecule has 0 fully saturated rings. The van der Waals surface area contributed by atoms with E-state index in [-0.39, 0.29) is 60.5 Å². The molecule has 0 spiro atoms. The van der Waals surface area contributed by atoms with Crippen molar-refractivity contribution in [1.29, 1.82) is 0 Å². The van der Waals surface area contributed by atoms with Gasteiger partial charge in [0.05, 0.1) is 35.9 Å². The number of hydrogen-bond donors (Lipinski definition) is 3. The van der Waals surface area contributed by atoms with Crippen molar-refractivity contribution in [3.8, 4) is 0 Å². The second kappa shape index (κ2) is 16.0. The molecule has 47 heavy (non-hydrogen) atoms. The predicted octanol–water partition coefficient (Wildman–Crippen LogP) is 3.80. The van der Waals surface area contributed by atoms with Gasteiger partial charge in [0.25, 0.3) is 11.8 Å². The number of hydrogen-bond acceptors (Lipinski definition) is 8. The molecule has 1 heterocycles. The van der Waals surface area contributed by atoms with Gasteiger partial charge in [0.1, 0.15) is 6.26 Å². The van der Waals surface area contributed by atoms with E-state index in [2.05, 4.69) is 10.3 Å². The Kier molecular flexibility index (Phi) is 12.1. The average molecular weight is 663 g/mol. The van der Waals surface area contributed by atoms with E-state index in [1.165, 1.54) is 33.7 Å². The Morgan fingerprint density at radius 1 is 0.936 bits per heavy atom. The van der Waals surface area contributed by atoms with Crippen LogP contribution in [0.2, 0.25) is 0 Å². The van der Waals surface area contributed by atoms with Crippen molar-refractivity contribution >= 4 is 21.8 Å². The van der Waals surface area contributed by atoms with Gasteiger partial charge < -0.3 is 24.8 Å². The number of aryl methyl sites for hydroxylation is 1. The van der Waals surface area contributed by atoms with Gasteiger partial charge in [-0.25, -0.2) is 13.4 Å². The predicted molar refractivity (Wildman–Crippen MR) is 177 cm³/mol. The van der Waals surface area contributed by atoms with Crippen LogP contribution in [0.25, 0.3) is 0 Å². The van der Waals surface area contributed by atoms with Crippen molar-refractivity contribution in [3.05, 3.63) is 119 Å². The first-order chi connectivity index (χ1) is 22.4. The van der Waals surface area contributed by atoms with Crippen LogP contribution in [0.1, 0.15) is 57.3 Å². The molecule has 0 radical (unpaired) electrons. The van der Waals surface area contributed by atoms with E-state index < -0.39 is 28.1 Å². The zero-order chi connectivity index (χ0) is 34.1. The van der Waals surface area contributed by atoms with Crippen molar-refractivity contribution in [2.75, 3.05) is 20.1 Å². The van der Waals surface area contributed by atoms with Crippen LogP contribution in [-0.4, -0.2) is 76.9 Å². The monoisotopic (exact) mass is 662 g/mol. The molecule has 0 bridgehead atoms. The Hall–Kier alpha value is -4.36. The number of aromatic nitrogens is 1. The number of benzene rings is 3. The van der Waals surface area contributed by atoms with Gasteiger partial charge in [-0.15, -0.1) is 0 Å². The second-order valence-electron chi connectivity index (χ2n) is 12.0. The maximum absolute atomic E-state index is 13.7. The molecule has 0 unspecified atom stereocenters. The van der Waals surface area contributed by atoms with Crippen LogP contribution >= 0.6 is 0 Å². The van der Waals surface area contributed by atoms with E-state index in [1.807, 2.05) is 44.2 Å². The quantitative estimate of drug-likeness (QED) is 0.174. The fraction of sp³-hybridized carbons (Fsp3) is 0.343. The SMILES string of the molecule is Cc1coc(CN(C)C(=O)c2cccc(C(=O)N[C@@H](Cc3ccccc3)[C@H](O)CN(CC(C)C)S(=O)(=O)c3ccc(CO)cc3)c2)n1. The molecule has 0 aliphatic heterocycles. The standard InChI is InChI=1S/C35H42N4O7S/c1-24(2)19-39(47(44,45)30-15-13-27(22-40)14-16-30)20-32(41)31(17-26-9-6-5-7-10-26)37-34(42)28-11-8-12-29(18-28)35(43)38(4)21-33-36-25(3)23-46-33/h5-16,18,23-24,31-32,40-41H,17,19-22H2,1-4H3,(H,37,42)/t31-,32+/m0/s1. The third-order valence-corrected chi connectivity index (χ3v) is 9.39. The van der Waals surface area contributed by atoms with E-state index in [9.17, 15) is 28.2 Å². The molecule has 2 amide bonds. The number of amides is 2. The molecule has 3 N–H and O–H groups in total. The van der Waals surface area contributed by atoms with Gasteiger partial charge in [0.15, 0.2) is 0 Å². The summed E-state index contributed by atoms with van der Waals surface area (Å²) in [4.78, 5) is 32.5. The lowest BCUT2D eigenvalue weighted by molar-refractivity contribution is 0.0771. The highest BCUT2D eigenvalue weighted by Crippen LogP contribution is 2.20. The fourth-order valence-electron chi connectivity index (χ4n) is 5.10. The molecule has 0 saturated heterocycles. The first-order valence-corrected chi connectivity index (χ1v) is 16.8. The highest BCUT2D eigenvalue weighted by Gasteiger charge is 2.31. The highest BCUT2D eigenvalue weighted by molar-refractivity contribution is 7.89.